The number of hydrogen-bond acceptors (Lipinski definition) is 5. The van der Waals surface area contributed by atoms with Crippen molar-refractivity contribution in [1.29, 1.82) is 0 Å². The Morgan fingerprint density at radius 2 is 1.93 bits per heavy atom. The van der Waals surface area contributed by atoms with Crippen molar-refractivity contribution in [2.24, 2.45) is 0 Å². The van der Waals surface area contributed by atoms with Crippen LogP contribution in [0.25, 0.3) is 22.2 Å². The summed E-state index contributed by atoms with van der Waals surface area (Å²) in [6.07, 6.45) is 3.12. The van der Waals surface area contributed by atoms with Crippen molar-refractivity contribution in [2.45, 2.75) is 13.5 Å². The van der Waals surface area contributed by atoms with Gasteiger partial charge in [-0.25, -0.2) is 14.6 Å². The van der Waals surface area contributed by atoms with Crippen LogP contribution in [0.2, 0.25) is 10.0 Å². The Bertz CT molecular complexity index is 1240. The maximum atomic E-state index is 12.6. The Balaban J connectivity index is 1.64. The molecular weight excluding hydrogens is 425 g/mol. The number of aromatic nitrogens is 4. The summed E-state index contributed by atoms with van der Waals surface area (Å²) >= 11 is 11.9. The van der Waals surface area contributed by atoms with Gasteiger partial charge in [-0.1, -0.05) is 35.3 Å². The molecule has 3 heterocycles. The maximum absolute atomic E-state index is 12.6. The standard InChI is InChI=1S/C21H17Cl2N5O2/c1-12-19-16(13-3-5-15(30-2)6-4-13)7-8-24-21(19)28(27-12)11-18(29)26-20-17(23)9-14(22)10-25-20/h3-10H,11H2,1-2H3,(H,25,26,29). The summed E-state index contributed by atoms with van der Waals surface area (Å²) < 4.78 is 6.80. The highest BCUT2D eigenvalue weighted by atomic mass is 35.5. The number of benzene rings is 1. The van der Waals surface area contributed by atoms with Gasteiger partial charge in [-0.15, -0.1) is 0 Å². The first kappa shape index (κ1) is 20.1. The Morgan fingerprint density at radius 3 is 2.63 bits per heavy atom. The molecule has 4 rings (SSSR count). The number of nitrogens with zero attached hydrogens (tertiary/aromatic N) is 4. The molecule has 1 N–H and O–H groups in total. The highest BCUT2D eigenvalue weighted by Gasteiger charge is 2.17. The van der Waals surface area contributed by atoms with E-state index in [0.717, 1.165) is 28.0 Å². The zero-order valence-corrected chi connectivity index (χ0v) is 17.7. The molecule has 1 aromatic carbocycles. The van der Waals surface area contributed by atoms with Gasteiger partial charge in [0, 0.05) is 17.8 Å². The number of pyridine rings is 2. The van der Waals surface area contributed by atoms with Crippen LogP contribution in [-0.2, 0) is 11.3 Å². The second-order valence-corrected chi connectivity index (χ2v) is 7.40. The molecule has 1 amide bonds. The van der Waals surface area contributed by atoms with Crippen LogP contribution in [0.4, 0.5) is 5.82 Å². The monoisotopic (exact) mass is 441 g/mol. The minimum absolute atomic E-state index is 0.0377. The van der Waals surface area contributed by atoms with Crippen LogP contribution in [0.15, 0.2) is 48.8 Å². The first-order chi connectivity index (χ1) is 14.5. The number of carbonyl (C=O) groups excluding carboxylic acids is 1. The van der Waals surface area contributed by atoms with Crippen LogP contribution in [-0.4, -0.2) is 32.8 Å². The van der Waals surface area contributed by atoms with Crippen LogP contribution in [0.3, 0.4) is 0 Å². The van der Waals surface area contributed by atoms with Crippen LogP contribution in [0, 0.1) is 6.92 Å². The highest BCUT2D eigenvalue weighted by Crippen LogP contribution is 2.31. The van der Waals surface area contributed by atoms with Gasteiger partial charge in [0.05, 0.1) is 22.8 Å². The van der Waals surface area contributed by atoms with Crippen molar-refractivity contribution in [3.8, 4) is 16.9 Å². The summed E-state index contributed by atoms with van der Waals surface area (Å²) in [5.41, 5.74) is 3.38. The van der Waals surface area contributed by atoms with Gasteiger partial charge in [-0.2, -0.15) is 5.10 Å². The van der Waals surface area contributed by atoms with Crippen LogP contribution in [0.5, 0.6) is 5.75 Å². The number of anilines is 1. The predicted molar refractivity (Wildman–Crippen MR) is 117 cm³/mol. The SMILES string of the molecule is COc1ccc(-c2ccnc3c2c(C)nn3CC(=O)Nc2ncc(Cl)cc2Cl)cc1. The molecule has 0 atom stereocenters. The van der Waals surface area contributed by atoms with Crippen LogP contribution < -0.4 is 10.1 Å². The van der Waals surface area contributed by atoms with Crippen molar-refractivity contribution in [1.82, 2.24) is 19.7 Å². The summed E-state index contributed by atoms with van der Waals surface area (Å²) in [6, 6.07) is 11.2. The molecule has 0 fully saturated rings. The van der Waals surface area contributed by atoms with Crippen molar-refractivity contribution >= 4 is 46.0 Å². The lowest BCUT2D eigenvalue weighted by molar-refractivity contribution is -0.116. The smallest absolute Gasteiger partial charge is 0.247 e. The van der Waals surface area contributed by atoms with E-state index in [1.165, 1.54) is 12.3 Å². The third kappa shape index (κ3) is 3.94. The summed E-state index contributed by atoms with van der Waals surface area (Å²) in [5, 5.41) is 8.74. The largest absolute Gasteiger partial charge is 0.497 e. The minimum Gasteiger partial charge on any atom is -0.497 e. The van der Waals surface area contributed by atoms with E-state index in [2.05, 4.69) is 20.4 Å². The molecule has 30 heavy (non-hydrogen) atoms. The topological polar surface area (TPSA) is 81.9 Å². The molecule has 0 aliphatic heterocycles. The number of carbonyl (C=O) groups is 1. The summed E-state index contributed by atoms with van der Waals surface area (Å²) in [6.45, 7) is 1.85. The van der Waals surface area contributed by atoms with E-state index >= 15 is 0 Å². The van der Waals surface area contributed by atoms with E-state index < -0.39 is 0 Å². The molecule has 0 saturated carbocycles. The van der Waals surface area contributed by atoms with Gasteiger partial charge in [0.15, 0.2) is 11.5 Å². The number of rotatable bonds is 5. The van der Waals surface area contributed by atoms with Crippen LogP contribution >= 0.6 is 23.2 Å². The quantitative estimate of drug-likeness (QED) is 0.482. The van der Waals surface area contributed by atoms with Gasteiger partial charge in [0.1, 0.15) is 12.3 Å². The second kappa shape index (κ2) is 8.30. The molecule has 4 aromatic rings. The minimum atomic E-state index is -0.326. The van der Waals surface area contributed by atoms with Crippen molar-refractivity contribution < 1.29 is 9.53 Å². The zero-order valence-electron chi connectivity index (χ0n) is 16.2. The molecule has 3 aromatic heterocycles. The zero-order chi connectivity index (χ0) is 21.3. The molecule has 9 heteroatoms. The molecular formula is C21H17Cl2N5O2. The van der Waals surface area contributed by atoms with Gasteiger partial charge >= 0.3 is 0 Å². The lowest BCUT2D eigenvalue weighted by Crippen LogP contribution is -2.20. The number of aryl methyl sites for hydroxylation is 1. The van der Waals surface area contributed by atoms with E-state index in [1.807, 2.05) is 37.3 Å². The number of nitrogens with one attached hydrogen (secondary N) is 1. The third-order valence-electron chi connectivity index (χ3n) is 4.57. The van der Waals surface area contributed by atoms with E-state index in [-0.39, 0.29) is 23.3 Å². The Morgan fingerprint density at radius 1 is 1.17 bits per heavy atom. The molecule has 0 bridgehead atoms. The van der Waals surface area contributed by atoms with Crippen molar-refractivity contribution in [2.75, 3.05) is 12.4 Å². The average Bonchev–Trinajstić information content (AvgIpc) is 3.06. The van der Waals surface area contributed by atoms with E-state index in [9.17, 15) is 4.79 Å². The molecule has 0 aliphatic carbocycles. The first-order valence-corrected chi connectivity index (χ1v) is 9.79. The number of fused-ring (bicyclic) bond motifs is 1. The Labute approximate surface area is 182 Å². The number of hydrogen-bond donors (Lipinski definition) is 1. The first-order valence-electron chi connectivity index (χ1n) is 9.03. The fraction of sp³-hybridized carbons (Fsp3) is 0.143. The number of amides is 1. The summed E-state index contributed by atoms with van der Waals surface area (Å²) in [7, 11) is 1.63. The van der Waals surface area contributed by atoms with E-state index in [4.69, 9.17) is 27.9 Å². The van der Waals surface area contributed by atoms with Crippen molar-refractivity contribution in [3.63, 3.8) is 0 Å². The lowest BCUT2D eigenvalue weighted by atomic mass is 10.0. The molecule has 0 unspecified atom stereocenters. The molecule has 0 saturated heterocycles. The normalized spacial score (nSPS) is 10.9. The van der Waals surface area contributed by atoms with Gasteiger partial charge in [-0.3, -0.25) is 4.79 Å². The third-order valence-corrected chi connectivity index (χ3v) is 5.06. The van der Waals surface area contributed by atoms with Gasteiger partial charge < -0.3 is 10.1 Å². The molecule has 152 valence electrons. The Hall–Kier alpha value is -3.16. The molecule has 0 spiro atoms. The average molecular weight is 442 g/mol. The van der Waals surface area contributed by atoms with Gasteiger partial charge in [0.25, 0.3) is 0 Å². The predicted octanol–water partition coefficient (Wildman–Crippen LogP) is 4.76. The number of ether oxygens (including phenoxy) is 1. The molecule has 0 radical (unpaired) electrons. The molecule has 0 aliphatic rings. The maximum Gasteiger partial charge on any atom is 0.247 e. The summed E-state index contributed by atoms with van der Waals surface area (Å²) in [4.78, 5) is 21.0. The van der Waals surface area contributed by atoms with Crippen LogP contribution in [0.1, 0.15) is 5.69 Å². The second-order valence-electron chi connectivity index (χ2n) is 6.56. The highest BCUT2D eigenvalue weighted by molar-refractivity contribution is 6.36. The molecule has 7 nitrogen and oxygen atoms in total. The fourth-order valence-corrected chi connectivity index (χ4v) is 3.64. The van der Waals surface area contributed by atoms with E-state index in [0.29, 0.717) is 10.7 Å². The summed E-state index contributed by atoms with van der Waals surface area (Å²) in [5.74, 6) is 0.696. The fourth-order valence-electron chi connectivity index (χ4n) is 3.22. The van der Waals surface area contributed by atoms with E-state index in [1.54, 1.807) is 18.0 Å². The van der Waals surface area contributed by atoms with Gasteiger partial charge in [-0.05, 0) is 42.3 Å². The van der Waals surface area contributed by atoms with Crippen molar-refractivity contribution in [3.05, 3.63) is 64.5 Å². The Kier molecular flexibility index (Phi) is 5.57. The number of halogens is 2. The lowest BCUT2D eigenvalue weighted by Gasteiger charge is -2.08. The van der Waals surface area contributed by atoms with Gasteiger partial charge in [0.2, 0.25) is 5.91 Å². The number of methoxy groups -OCH3 is 1.